The number of imidazole rings is 1. The molecule has 0 aromatic carbocycles. The van der Waals surface area contributed by atoms with Crippen LogP contribution in [0.2, 0.25) is 0 Å². The average Bonchev–Trinajstić information content (AvgIpc) is 3.38. The second-order valence-electron chi connectivity index (χ2n) is 9.62. The predicted molar refractivity (Wildman–Crippen MR) is 127 cm³/mol. The van der Waals surface area contributed by atoms with Crippen molar-refractivity contribution in [3.05, 3.63) is 24.3 Å². The first-order chi connectivity index (χ1) is 16.9. The van der Waals surface area contributed by atoms with Gasteiger partial charge in [-0.1, -0.05) is 0 Å². The number of pyridine rings is 1. The van der Waals surface area contributed by atoms with Crippen molar-refractivity contribution in [2.75, 3.05) is 25.6 Å². The zero-order valence-corrected chi connectivity index (χ0v) is 19.6. The van der Waals surface area contributed by atoms with E-state index in [-0.39, 0.29) is 0 Å². The van der Waals surface area contributed by atoms with Gasteiger partial charge in [0.1, 0.15) is 11.5 Å². The highest BCUT2D eigenvalue weighted by atomic mass is 19.3. The van der Waals surface area contributed by atoms with Crippen molar-refractivity contribution in [2.24, 2.45) is 5.41 Å². The van der Waals surface area contributed by atoms with Gasteiger partial charge in [0, 0.05) is 35.0 Å². The minimum atomic E-state index is -2.49. The molecule has 11 heteroatoms. The molecule has 1 aliphatic heterocycles. The molecule has 184 valence electrons. The summed E-state index contributed by atoms with van der Waals surface area (Å²) in [5, 5.41) is 4.19. The molecule has 35 heavy (non-hydrogen) atoms. The first-order valence-corrected chi connectivity index (χ1v) is 11.8. The number of aromatic nitrogens is 6. The highest BCUT2D eigenvalue weighted by Gasteiger charge is 2.41. The zero-order valence-electron chi connectivity index (χ0n) is 19.6. The maximum atomic E-state index is 13.1. The molecule has 4 aromatic heterocycles. The smallest absolute Gasteiger partial charge is 0.256 e. The van der Waals surface area contributed by atoms with Gasteiger partial charge in [0.05, 0.1) is 37.8 Å². The van der Waals surface area contributed by atoms with Crippen LogP contribution < -0.4 is 10.1 Å². The fourth-order valence-corrected chi connectivity index (χ4v) is 5.31. The molecule has 2 N–H and O–H groups in total. The van der Waals surface area contributed by atoms with Crippen molar-refractivity contribution >= 4 is 28.1 Å². The molecule has 0 bridgehead atoms. The molecule has 9 nitrogen and oxygen atoms in total. The first-order valence-electron chi connectivity index (χ1n) is 11.8. The zero-order chi connectivity index (χ0) is 24.2. The maximum Gasteiger partial charge on any atom is 0.256 e. The third kappa shape index (κ3) is 3.87. The Morgan fingerprint density at radius 1 is 1.26 bits per heavy atom. The lowest BCUT2D eigenvalue weighted by Gasteiger charge is -2.46. The molecule has 5 heterocycles. The SMILES string of the molecule is COc1nc(NC2CCC3(CC2)COC3)nc2[nH]cc(-c3cnc4nc(C)n(CC(F)F)c4c3)c12. The van der Waals surface area contributed by atoms with E-state index in [1.807, 2.05) is 12.3 Å². The summed E-state index contributed by atoms with van der Waals surface area (Å²) in [7, 11) is 1.58. The summed E-state index contributed by atoms with van der Waals surface area (Å²) in [6.07, 6.45) is 5.41. The Morgan fingerprint density at radius 3 is 2.74 bits per heavy atom. The number of halogens is 2. The Balaban J connectivity index is 1.32. The molecule has 0 radical (unpaired) electrons. The number of ether oxygens (including phenoxy) is 2. The molecule has 1 aliphatic carbocycles. The van der Waals surface area contributed by atoms with E-state index in [9.17, 15) is 8.78 Å². The molecule has 2 fully saturated rings. The Labute approximate surface area is 200 Å². The van der Waals surface area contributed by atoms with Crippen molar-refractivity contribution in [1.29, 1.82) is 0 Å². The van der Waals surface area contributed by atoms with Crippen LogP contribution >= 0.6 is 0 Å². The number of rotatable bonds is 6. The topological polar surface area (TPSA) is 103 Å². The van der Waals surface area contributed by atoms with E-state index in [1.54, 1.807) is 20.2 Å². The number of alkyl halides is 2. The number of fused-ring (bicyclic) bond motifs is 2. The molecule has 4 aromatic rings. The number of hydrogen-bond acceptors (Lipinski definition) is 7. The Morgan fingerprint density at radius 2 is 2.06 bits per heavy atom. The van der Waals surface area contributed by atoms with E-state index in [0.717, 1.165) is 50.0 Å². The highest BCUT2D eigenvalue weighted by Crippen LogP contribution is 2.43. The van der Waals surface area contributed by atoms with Crippen LogP contribution in [0.5, 0.6) is 5.88 Å². The molecule has 1 saturated heterocycles. The van der Waals surface area contributed by atoms with Crippen LogP contribution in [0.25, 0.3) is 33.3 Å². The van der Waals surface area contributed by atoms with Gasteiger partial charge in [-0.15, -0.1) is 0 Å². The van der Waals surface area contributed by atoms with Crippen LogP contribution in [0, 0.1) is 12.3 Å². The van der Waals surface area contributed by atoms with Crippen LogP contribution in [0.1, 0.15) is 31.5 Å². The molecule has 0 amide bonds. The van der Waals surface area contributed by atoms with Gasteiger partial charge in [-0.2, -0.15) is 9.97 Å². The standard InChI is InChI=1S/C24H27F2N7O2/c1-13-29-20-17(33(13)10-18(25)26)7-14(8-27-20)16-9-28-21-19(16)22(34-2)32-23(31-21)30-15-3-5-24(6-4-15)11-35-12-24/h7-9,15,18H,3-6,10-12H2,1-2H3,(H2,28,30,31,32). The van der Waals surface area contributed by atoms with Gasteiger partial charge >= 0.3 is 0 Å². The molecule has 6 rings (SSSR count). The molecule has 1 saturated carbocycles. The summed E-state index contributed by atoms with van der Waals surface area (Å²) in [6, 6.07) is 2.13. The van der Waals surface area contributed by atoms with Crippen LogP contribution in [-0.2, 0) is 11.3 Å². The number of hydrogen-bond donors (Lipinski definition) is 2. The first kappa shape index (κ1) is 22.1. The van der Waals surface area contributed by atoms with Crippen molar-refractivity contribution in [1.82, 2.24) is 29.5 Å². The van der Waals surface area contributed by atoms with E-state index < -0.39 is 13.0 Å². The van der Waals surface area contributed by atoms with Crippen molar-refractivity contribution in [3.63, 3.8) is 0 Å². The van der Waals surface area contributed by atoms with Gasteiger partial charge < -0.3 is 24.3 Å². The Kier molecular flexibility index (Phi) is 5.32. The van der Waals surface area contributed by atoms with Gasteiger partial charge in [0.25, 0.3) is 6.43 Å². The van der Waals surface area contributed by atoms with Gasteiger partial charge in [-0.3, -0.25) is 0 Å². The second-order valence-corrected chi connectivity index (χ2v) is 9.62. The van der Waals surface area contributed by atoms with Gasteiger partial charge in [0.15, 0.2) is 5.65 Å². The fraction of sp³-hybridized carbons (Fsp3) is 0.500. The third-order valence-electron chi connectivity index (χ3n) is 7.32. The number of H-pyrrole nitrogens is 1. The number of nitrogens with zero attached hydrogens (tertiary/aromatic N) is 5. The normalized spacial score (nSPS) is 18.0. The number of aryl methyl sites for hydroxylation is 1. The maximum absolute atomic E-state index is 13.1. The molecule has 1 spiro atoms. The van der Waals surface area contributed by atoms with E-state index in [0.29, 0.717) is 51.3 Å². The quantitative estimate of drug-likeness (QED) is 0.421. The van der Waals surface area contributed by atoms with Crippen molar-refractivity contribution in [2.45, 2.75) is 51.6 Å². The summed E-state index contributed by atoms with van der Waals surface area (Å²) >= 11 is 0. The molecular formula is C24H27F2N7O2. The van der Waals surface area contributed by atoms with Crippen LogP contribution in [0.4, 0.5) is 14.7 Å². The number of nitrogens with one attached hydrogen (secondary N) is 2. The predicted octanol–water partition coefficient (Wildman–Crippen LogP) is 4.32. The van der Waals surface area contributed by atoms with E-state index in [2.05, 4.69) is 25.3 Å². The van der Waals surface area contributed by atoms with E-state index in [4.69, 9.17) is 14.5 Å². The molecule has 0 atom stereocenters. The van der Waals surface area contributed by atoms with E-state index >= 15 is 0 Å². The van der Waals surface area contributed by atoms with Crippen LogP contribution in [0.15, 0.2) is 18.5 Å². The highest BCUT2D eigenvalue weighted by molar-refractivity contribution is 5.98. The summed E-state index contributed by atoms with van der Waals surface area (Å²) in [5.41, 5.74) is 3.52. The van der Waals surface area contributed by atoms with Crippen LogP contribution in [-0.4, -0.2) is 62.3 Å². The van der Waals surface area contributed by atoms with Crippen LogP contribution in [0.3, 0.4) is 0 Å². The van der Waals surface area contributed by atoms with Gasteiger partial charge in [0.2, 0.25) is 11.8 Å². The number of aromatic amines is 1. The lowest BCUT2D eigenvalue weighted by molar-refractivity contribution is -0.131. The molecular weight excluding hydrogens is 456 g/mol. The van der Waals surface area contributed by atoms with E-state index in [1.165, 1.54) is 4.57 Å². The minimum Gasteiger partial charge on any atom is -0.480 e. The number of methoxy groups -OCH3 is 1. The summed E-state index contributed by atoms with van der Waals surface area (Å²) in [4.78, 5) is 21.3. The molecule has 2 aliphatic rings. The Bertz CT molecular complexity index is 1390. The lowest BCUT2D eigenvalue weighted by atomic mass is 9.71. The van der Waals surface area contributed by atoms with Gasteiger partial charge in [-0.05, 0) is 38.7 Å². The lowest BCUT2D eigenvalue weighted by Crippen LogP contribution is -2.47. The van der Waals surface area contributed by atoms with Crippen molar-refractivity contribution in [3.8, 4) is 17.0 Å². The largest absolute Gasteiger partial charge is 0.480 e. The summed E-state index contributed by atoms with van der Waals surface area (Å²) in [5.74, 6) is 1.46. The monoisotopic (exact) mass is 483 g/mol. The number of anilines is 1. The average molecular weight is 484 g/mol. The summed E-state index contributed by atoms with van der Waals surface area (Å²) < 4.78 is 38.8. The second kappa shape index (κ2) is 8.40. The Hall–Kier alpha value is -3.34. The van der Waals surface area contributed by atoms with Crippen molar-refractivity contribution < 1.29 is 18.3 Å². The molecule has 0 unspecified atom stereocenters. The fourth-order valence-electron chi connectivity index (χ4n) is 5.31. The van der Waals surface area contributed by atoms with Gasteiger partial charge in [-0.25, -0.2) is 18.7 Å². The third-order valence-corrected chi connectivity index (χ3v) is 7.32. The minimum absolute atomic E-state index is 0.308. The summed E-state index contributed by atoms with van der Waals surface area (Å²) in [6.45, 7) is 3.03.